The highest BCUT2D eigenvalue weighted by Crippen LogP contribution is 2.09. The summed E-state index contributed by atoms with van der Waals surface area (Å²) >= 11 is 0. The van der Waals surface area contributed by atoms with E-state index in [0.717, 1.165) is 12.1 Å². The van der Waals surface area contributed by atoms with Crippen molar-refractivity contribution < 1.29 is 18.4 Å². The van der Waals surface area contributed by atoms with Gasteiger partial charge in [-0.1, -0.05) is 13.8 Å². The van der Waals surface area contributed by atoms with Crippen LogP contribution < -0.4 is 10.6 Å². The third-order valence-electron chi connectivity index (χ3n) is 2.97. The maximum absolute atomic E-state index is 13.3. The Morgan fingerprint density at radius 3 is 2.40 bits per heavy atom. The van der Waals surface area contributed by atoms with Gasteiger partial charge in [0.15, 0.2) is 0 Å². The summed E-state index contributed by atoms with van der Waals surface area (Å²) in [7, 11) is 0. The second kappa shape index (κ2) is 6.98. The Kier molecular flexibility index (Phi) is 5.61. The predicted octanol–water partition coefficient (Wildman–Crippen LogP) is 1.86. The van der Waals surface area contributed by atoms with Gasteiger partial charge in [0.1, 0.15) is 11.6 Å². The molecule has 0 saturated heterocycles. The molecule has 2 amide bonds. The highest BCUT2D eigenvalue weighted by molar-refractivity contribution is 5.96. The standard InChI is InChI=1S/C14H18F2N2O2/c1-8(2)9(3)18-13(19)7-17-14(20)11-5-4-10(15)6-12(11)16/h4-6,8-9H,7H2,1-3H3,(H,17,20)(H,18,19). The van der Waals surface area contributed by atoms with Gasteiger partial charge in [0, 0.05) is 12.1 Å². The largest absolute Gasteiger partial charge is 0.352 e. The molecule has 1 rings (SSSR count). The Bertz CT molecular complexity index is 504. The van der Waals surface area contributed by atoms with Gasteiger partial charge in [-0.3, -0.25) is 9.59 Å². The molecule has 0 aromatic heterocycles. The van der Waals surface area contributed by atoms with Crippen molar-refractivity contribution in [1.29, 1.82) is 0 Å². The number of benzene rings is 1. The smallest absolute Gasteiger partial charge is 0.254 e. The van der Waals surface area contributed by atoms with E-state index in [9.17, 15) is 18.4 Å². The third-order valence-corrected chi connectivity index (χ3v) is 2.97. The number of carbonyl (C=O) groups is 2. The van der Waals surface area contributed by atoms with Crippen molar-refractivity contribution in [3.63, 3.8) is 0 Å². The van der Waals surface area contributed by atoms with Gasteiger partial charge in [0.2, 0.25) is 5.91 Å². The summed E-state index contributed by atoms with van der Waals surface area (Å²) in [5.41, 5.74) is -0.295. The van der Waals surface area contributed by atoms with Gasteiger partial charge in [0.05, 0.1) is 12.1 Å². The summed E-state index contributed by atoms with van der Waals surface area (Å²) in [5.74, 6) is -2.57. The Balaban J connectivity index is 2.53. The summed E-state index contributed by atoms with van der Waals surface area (Å²) in [6.07, 6.45) is 0. The van der Waals surface area contributed by atoms with Crippen LogP contribution in [-0.4, -0.2) is 24.4 Å². The first-order valence-electron chi connectivity index (χ1n) is 6.34. The zero-order valence-electron chi connectivity index (χ0n) is 11.7. The quantitative estimate of drug-likeness (QED) is 0.867. The molecule has 0 spiro atoms. The van der Waals surface area contributed by atoms with E-state index in [1.54, 1.807) is 0 Å². The predicted molar refractivity (Wildman–Crippen MR) is 71.1 cm³/mol. The number of rotatable bonds is 5. The molecule has 1 atom stereocenters. The minimum Gasteiger partial charge on any atom is -0.352 e. The fourth-order valence-corrected chi connectivity index (χ4v) is 1.40. The van der Waals surface area contributed by atoms with Gasteiger partial charge in [-0.05, 0) is 25.0 Å². The van der Waals surface area contributed by atoms with E-state index in [1.165, 1.54) is 0 Å². The number of hydrogen-bond donors (Lipinski definition) is 2. The number of carbonyl (C=O) groups excluding carboxylic acids is 2. The average Bonchev–Trinajstić information content (AvgIpc) is 2.35. The summed E-state index contributed by atoms with van der Waals surface area (Å²) in [6, 6.07) is 2.62. The minimum atomic E-state index is -0.960. The number of halogens is 2. The molecule has 0 fully saturated rings. The van der Waals surface area contributed by atoms with Crippen LogP contribution in [0.15, 0.2) is 18.2 Å². The molecule has 0 heterocycles. The van der Waals surface area contributed by atoms with E-state index in [2.05, 4.69) is 10.6 Å². The van der Waals surface area contributed by atoms with Crippen LogP contribution in [0.5, 0.6) is 0 Å². The van der Waals surface area contributed by atoms with Crippen molar-refractivity contribution in [2.24, 2.45) is 5.92 Å². The summed E-state index contributed by atoms with van der Waals surface area (Å²) in [5, 5.41) is 4.99. The fraction of sp³-hybridized carbons (Fsp3) is 0.429. The van der Waals surface area contributed by atoms with Crippen LogP contribution in [0.4, 0.5) is 8.78 Å². The van der Waals surface area contributed by atoms with Crippen LogP contribution in [0.3, 0.4) is 0 Å². The molecule has 0 aliphatic carbocycles. The van der Waals surface area contributed by atoms with Gasteiger partial charge in [0.25, 0.3) is 5.91 Å². The Labute approximate surface area is 116 Å². The number of hydrogen-bond acceptors (Lipinski definition) is 2. The van der Waals surface area contributed by atoms with E-state index < -0.39 is 17.5 Å². The lowest BCUT2D eigenvalue weighted by Gasteiger charge is -2.17. The molecule has 0 radical (unpaired) electrons. The molecule has 1 unspecified atom stereocenters. The van der Waals surface area contributed by atoms with Crippen LogP contribution in [0.2, 0.25) is 0 Å². The zero-order chi connectivity index (χ0) is 15.3. The van der Waals surface area contributed by atoms with Gasteiger partial charge in [-0.2, -0.15) is 0 Å². The summed E-state index contributed by atoms with van der Waals surface area (Å²) in [4.78, 5) is 23.2. The third kappa shape index (κ3) is 4.60. The highest BCUT2D eigenvalue weighted by Gasteiger charge is 2.15. The lowest BCUT2D eigenvalue weighted by Crippen LogP contribution is -2.42. The molecule has 4 nitrogen and oxygen atoms in total. The number of amides is 2. The first kappa shape index (κ1) is 16.1. The van der Waals surface area contributed by atoms with Crippen molar-refractivity contribution in [2.75, 3.05) is 6.54 Å². The highest BCUT2D eigenvalue weighted by atomic mass is 19.1. The summed E-state index contributed by atoms with van der Waals surface area (Å²) < 4.78 is 26.0. The summed E-state index contributed by atoms with van der Waals surface area (Å²) in [6.45, 7) is 5.51. The van der Waals surface area contributed by atoms with Crippen molar-refractivity contribution >= 4 is 11.8 Å². The molecule has 20 heavy (non-hydrogen) atoms. The van der Waals surface area contributed by atoms with Crippen molar-refractivity contribution in [3.05, 3.63) is 35.4 Å². The first-order chi connectivity index (χ1) is 9.31. The monoisotopic (exact) mass is 284 g/mol. The Morgan fingerprint density at radius 1 is 1.20 bits per heavy atom. The van der Waals surface area contributed by atoms with Gasteiger partial charge < -0.3 is 10.6 Å². The van der Waals surface area contributed by atoms with Crippen LogP contribution in [0.1, 0.15) is 31.1 Å². The van der Waals surface area contributed by atoms with Crippen molar-refractivity contribution in [3.8, 4) is 0 Å². The molecule has 1 aromatic carbocycles. The fourth-order valence-electron chi connectivity index (χ4n) is 1.40. The van der Waals surface area contributed by atoms with E-state index in [0.29, 0.717) is 6.07 Å². The zero-order valence-corrected chi connectivity index (χ0v) is 11.7. The molecule has 0 aliphatic rings. The van der Waals surface area contributed by atoms with Crippen LogP contribution in [-0.2, 0) is 4.79 Å². The SMILES string of the molecule is CC(C)C(C)NC(=O)CNC(=O)c1ccc(F)cc1F. The van der Waals surface area contributed by atoms with Crippen LogP contribution in [0, 0.1) is 17.6 Å². The minimum absolute atomic E-state index is 0.0260. The molecule has 1 aromatic rings. The average molecular weight is 284 g/mol. The van der Waals surface area contributed by atoms with Gasteiger partial charge in [-0.15, -0.1) is 0 Å². The molecule has 0 saturated carbocycles. The van der Waals surface area contributed by atoms with E-state index >= 15 is 0 Å². The lowest BCUT2D eigenvalue weighted by molar-refractivity contribution is -0.121. The molecule has 0 aliphatic heterocycles. The van der Waals surface area contributed by atoms with Crippen molar-refractivity contribution in [2.45, 2.75) is 26.8 Å². The Hall–Kier alpha value is -1.98. The maximum Gasteiger partial charge on any atom is 0.254 e. The molecule has 110 valence electrons. The second-order valence-electron chi connectivity index (χ2n) is 4.91. The van der Waals surface area contributed by atoms with Crippen LogP contribution in [0.25, 0.3) is 0 Å². The molecular weight excluding hydrogens is 266 g/mol. The van der Waals surface area contributed by atoms with E-state index in [4.69, 9.17) is 0 Å². The second-order valence-corrected chi connectivity index (χ2v) is 4.91. The topological polar surface area (TPSA) is 58.2 Å². The molecular formula is C14H18F2N2O2. The number of nitrogens with one attached hydrogen (secondary N) is 2. The van der Waals surface area contributed by atoms with Gasteiger partial charge >= 0.3 is 0 Å². The first-order valence-corrected chi connectivity index (χ1v) is 6.34. The molecule has 0 bridgehead atoms. The lowest BCUT2D eigenvalue weighted by atomic mass is 10.1. The van der Waals surface area contributed by atoms with E-state index in [-0.39, 0.29) is 30.0 Å². The van der Waals surface area contributed by atoms with E-state index in [1.807, 2.05) is 20.8 Å². The van der Waals surface area contributed by atoms with Crippen LogP contribution >= 0.6 is 0 Å². The Morgan fingerprint density at radius 2 is 1.85 bits per heavy atom. The van der Waals surface area contributed by atoms with Gasteiger partial charge in [-0.25, -0.2) is 8.78 Å². The van der Waals surface area contributed by atoms with Crippen molar-refractivity contribution in [1.82, 2.24) is 10.6 Å². The maximum atomic E-state index is 13.3. The molecule has 6 heteroatoms. The molecule has 2 N–H and O–H groups in total. The normalized spacial score (nSPS) is 12.1.